The highest BCUT2D eigenvalue weighted by atomic mass is 19.1. The van der Waals surface area contributed by atoms with E-state index in [0.29, 0.717) is 5.75 Å². The third kappa shape index (κ3) is 3.51. The summed E-state index contributed by atoms with van der Waals surface area (Å²) in [6.45, 7) is 0.202. The van der Waals surface area contributed by atoms with Crippen LogP contribution < -0.4 is 10.1 Å². The molecule has 3 heterocycles. The predicted octanol–water partition coefficient (Wildman–Crippen LogP) is 1.09. The molecule has 1 aliphatic rings. The third-order valence-electron chi connectivity index (χ3n) is 4.41. The van der Waals surface area contributed by atoms with Gasteiger partial charge in [-0.2, -0.15) is 5.10 Å². The molecule has 0 atom stereocenters. The van der Waals surface area contributed by atoms with Gasteiger partial charge in [0.25, 0.3) is 5.91 Å². The van der Waals surface area contributed by atoms with Crippen molar-refractivity contribution in [2.24, 2.45) is 0 Å². The minimum atomic E-state index is -0.783. The van der Waals surface area contributed by atoms with Crippen molar-refractivity contribution in [1.29, 1.82) is 0 Å². The van der Waals surface area contributed by atoms with Crippen LogP contribution in [0.15, 0.2) is 30.5 Å². The molecule has 0 radical (unpaired) electrons. The maximum absolute atomic E-state index is 13.9. The molecule has 1 aromatic carbocycles. The lowest BCUT2D eigenvalue weighted by atomic mass is 10.0. The zero-order chi connectivity index (χ0) is 20.5. The normalized spacial score (nSPS) is 13.0. The summed E-state index contributed by atoms with van der Waals surface area (Å²) in [5, 5.41) is 6.40. The molecule has 10 heteroatoms. The Bertz CT molecular complexity index is 1160. The number of rotatable bonds is 4. The Morgan fingerprint density at radius 3 is 2.97 bits per heavy atom. The first-order valence-corrected chi connectivity index (χ1v) is 8.63. The van der Waals surface area contributed by atoms with Crippen molar-refractivity contribution in [3.05, 3.63) is 58.8 Å². The highest BCUT2D eigenvalue weighted by molar-refractivity contribution is 5.96. The van der Waals surface area contributed by atoms with Crippen LogP contribution in [0.5, 0.6) is 5.75 Å². The minimum absolute atomic E-state index is 0.0191. The zero-order valence-corrected chi connectivity index (χ0v) is 15.3. The lowest BCUT2D eigenvalue weighted by molar-refractivity contribution is -0.121. The van der Waals surface area contributed by atoms with E-state index < -0.39 is 17.7 Å². The second-order valence-electron chi connectivity index (χ2n) is 6.38. The van der Waals surface area contributed by atoms with Gasteiger partial charge in [0.05, 0.1) is 13.3 Å². The number of carbonyl (C=O) groups excluding carboxylic acids is 3. The number of hydrogen-bond acceptors (Lipinski definition) is 7. The molecule has 0 aliphatic carbocycles. The second-order valence-corrected chi connectivity index (χ2v) is 6.38. The molecule has 1 amide bonds. The van der Waals surface area contributed by atoms with Gasteiger partial charge in [-0.25, -0.2) is 18.7 Å². The average Bonchev–Trinajstić information content (AvgIpc) is 3.11. The van der Waals surface area contributed by atoms with Gasteiger partial charge in [0, 0.05) is 24.6 Å². The van der Waals surface area contributed by atoms with Crippen LogP contribution in [0.25, 0.3) is 5.65 Å². The monoisotopic (exact) mass is 398 g/mol. The first-order chi connectivity index (χ1) is 14.0. The summed E-state index contributed by atoms with van der Waals surface area (Å²) >= 11 is 0. The Kier molecular flexibility index (Phi) is 4.67. The summed E-state index contributed by atoms with van der Waals surface area (Å²) in [6.07, 6.45) is 1.17. The van der Waals surface area contributed by atoms with Crippen LogP contribution in [-0.2, 0) is 22.5 Å². The highest BCUT2D eigenvalue weighted by Crippen LogP contribution is 2.24. The van der Waals surface area contributed by atoms with Crippen molar-refractivity contribution in [3.8, 4) is 5.75 Å². The van der Waals surface area contributed by atoms with Crippen LogP contribution in [-0.4, -0.2) is 46.0 Å². The van der Waals surface area contributed by atoms with Gasteiger partial charge in [-0.05, 0) is 17.7 Å². The number of ether oxygens (including phenoxy) is 2. The van der Waals surface area contributed by atoms with Crippen molar-refractivity contribution >= 4 is 23.3 Å². The van der Waals surface area contributed by atoms with E-state index in [0.717, 1.165) is 21.8 Å². The number of nitrogens with zero attached hydrogens (tertiary/aromatic N) is 3. The van der Waals surface area contributed by atoms with Crippen LogP contribution in [0.3, 0.4) is 0 Å². The van der Waals surface area contributed by atoms with Crippen LogP contribution in [0.4, 0.5) is 4.39 Å². The SMILES string of the molecule is COC(=O)c1cc(C(=O)NCc2ccc3c(c2)CC(=O)CO3)nc2c(F)cnn12. The molecule has 0 saturated carbocycles. The number of Topliss-reactive ketones (excluding diaryl/α,β-unsaturated/α-hetero) is 1. The number of benzene rings is 1. The predicted molar refractivity (Wildman–Crippen MR) is 96.1 cm³/mol. The molecule has 29 heavy (non-hydrogen) atoms. The van der Waals surface area contributed by atoms with Gasteiger partial charge < -0.3 is 14.8 Å². The number of ketones is 1. The number of methoxy groups -OCH3 is 1. The van der Waals surface area contributed by atoms with E-state index in [4.69, 9.17) is 4.74 Å². The van der Waals surface area contributed by atoms with Gasteiger partial charge >= 0.3 is 5.97 Å². The minimum Gasteiger partial charge on any atom is -0.486 e. The van der Waals surface area contributed by atoms with Gasteiger partial charge in [-0.1, -0.05) is 6.07 Å². The number of nitrogens with one attached hydrogen (secondary N) is 1. The molecule has 0 spiro atoms. The standard InChI is InChI=1S/C19H15FN4O5/c1-28-19(27)15-6-14(23-17-13(20)8-22-24(15)17)18(26)21-7-10-2-3-16-11(4-10)5-12(25)9-29-16/h2-4,6,8H,5,7,9H2,1H3,(H,21,26). The third-order valence-corrected chi connectivity index (χ3v) is 4.41. The van der Waals surface area contributed by atoms with Gasteiger partial charge in [0.2, 0.25) is 0 Å². The number of halogens is 1. The Hall–Kier alpha value is -3.82. The molecule has 148 valence electrons. The first kappa shape index (κ1) is 18.5. The van der Waals surface area contributed by atoms with Gasteiger partial charge in [-0.15, -0.1) is 0 Å². The van der Waals surface area contributed by atoms with E-state index in [1.807, 2.05) is 0 Å². The quantitative estimate of drug-likeness (QED) is 0.655. The van der Waals surface area contributed by atoms with Crippen molar-refractivity contribution in [2.75, 3.05) is 13.7 Å². The number of fused-ring (bicyclic) bond motifs is 2. The molecule has 3 aromatic rings. The summed E-state index contributed by atoms with van der Waals surface area (Å²) < 4.78 is 24.9. The van der Waals surface area contributed by atoms with Crippen LogP contribution in [0.2, 0.25) is 0 Å². The van der Waals surface area contributed by atoms with E-state index in [9.17, 15) is 18.8 Å². The van der Waals surface area contributed by atoms with Gasteiger partial charge in [0.1, 0.15) is 18.1 Å². The highest BCUT2D eigenvalue weighted by Gasteiger charge is 2.21. The summed E-state index contributed by atoms with van der Waals surface area (Å²) in [5.74, 6) is -1.54. The number of amides is 1. The smallest absolute Gasteiger partial charge is 0.356 e. The lowest BCUT2D eigenvalue weighted by Crippen LogP contribution is -2.26. The van der Waals surface area contributed by atoms with Crippen molar-refractivity contribution in [3.63, 3.8) is 0 Å². The van der Waals surface area contributed by atoms with Gasteiger partial charge in [0.15, 0.2) is 22.9 Å². The fraction of sp³-hybridized carbons (Fsp3) is 0.211. The molecule has 1 aliphatic heterocycles. The molecule has 0 fully saturated rings. The second kappa shape index (κ2) is 7.30. The van der Waals surface area contributed by atoms with E-state index in [-0.39, 0.29) is 42.4 Å². The van der Waals surface area contributed by atoms with Crippen LogP contribution >= 0.6 is 0 Å². The molecular formula is C19H15FN4O5. The summed E-state index contributed by atoms with van der Waals surface area (Å²) in [5.41, 5.74) is 0.953. The summed E-state index contributed by atoms with van der Waals surface area (Å²) in [6, 6.07) is 6.46. The van der Waals surface area contributed by atoms with Crippen molar-refractivity contribution in [2.45, 2.75) is 13.0 Å². The molecule has 1 N–H and O–H groups in total. The summed E-state index contributed by atoms with van der Waals surface area (Å²) in [4.78, 5) is 40.0. The molecule has 0 unspecified atom stereocenters. The maximum atomic E-state index is 13.9. The first-order valence-electron chi connectivity index (χ1n) is 8.63. The molecule has 4 rings (SSSR count). The topological polar surface area (TPSA) is 112 Å². The van der Waals surface area contributed by atoms with E-state index in [1.165, 1.54) is 13.2 Å². The van der Waals surface area contributed by atoms with E-state index in [2.05, 4.69) is 20.1 Å². The van der Waals surface area contributed by atoms with Gasteiger partial charge in [-0.3, -0.25) is 9.59 Å². The number of esters is 1. The van der Waals surface area contributed by atoms with Crippen LogP contribution in [0, 0.1) is 5.82 Å². The Balaban J connectivity index is 1.57. The van der Waals surface area contributed by atoms with E-state index in [1.54, 1.807) is 18.2 Å². The number of hydrogen-bond donors (Lipinski definition) is 1. The van der Waals surface area contributed by atoms with Crippen molar-refractivity contribution in [1.82, 2.24) is 19.9 Å². The molecule has 0 saturated heterocycles. The Morgan fingerprint density at radius 1 is 1.34 bits per heavy atom. The average molecular weight is 398 g/mol. The molecule has 2 aromatic heterocycles. The fourth-order valence-electron chi connectivity index (χ4n) is 3.02. The lowest BCUT2D eigenvalue weighted by Gasteiger charge is -2.17. The Morgan fingerprint density at radius 2 is 2.17 bits per heavy atom. The number of carbonyl (C=O) groups is 3. The van der Waals surface area contributed by atoms with Crippen LogP contribution in [0.1, 0.15) is 32.1 Å². The number of aromatic nitrogens is 3. The maximum Gasteiger partial charge on any atom is 0.356 e. The molecule has 0 bridgehead atoms. The molecule has 9 nitrogen and oxygen atoms in total. The largest absolute Gasteiger partial charge is 0.486 e. The van der Waals surface area contributed by atoms with Crippen molar-refractivity contribution < 1.29 is 28.2 Å². The zero-order valence-electron chi connectivity index (χ0n) is 15.3. The fourth-order valence-corrected chi connectivity index (χ4v) is 3.02. The Labute approximate surface area is 163 Å². The molecular weight excluding hydrogens is 383 g/mol. The van der Waals surface area contributed by atoms with E-state index >= 15 is 0 Å². The summed E-state index contributed by atoms with van der Waals surface area (Å²) in [7, 11) is 1.17.